The number of hydrogen-bond donors (Lipinski definition) is 3. The lowest BCUT2D eigenvalue weighted by molar-refractivity contribution is 0.0505. The number of aromatic nitrogens is 4. The summed E-state index contributed by atoms with van der Waals surface area (Å²) in [5.74, 6) is 1.09. The summed E-state index contributed by atoms with van der Waals surface area (Å²) in [5.41, 5.74) is 2.29. The zero-order valence-corrected chi connectivity index (χ0v) is 15.7. The second-order valence-electron chi connectivity index (χ2n) is 7.72. The van der Waals surface area contributed by atoms with Crippen molar-refractivity contribution in [2.45, 2.75) is 64.5 Å². The van der Waals surface area contributed by atoms with Gasteiger partial charge in [0.1, 0.15) is 5.60 Å². The zero-order chi connectivity index (χ0) is 18.7. The van der Waals surface area contributed by atoms with Crippen LogP contribution in [0.1, 0.15) is 57.3 Å². The molecule has 0 aliphatic heterocycles. The predicted molar refractivity (Wildman–Crippen MR) is 98.4 cm³/mol. The first kappa shape index (κ1) is 18.2. The van der Waals surface area contributed by atoms with Crippen molar-refractivity contribution in [3.8, 4) is 0 Å². The zero-order valence-electron chi connectivity index (χ0n) is 15.7. The summed E-state index contributed by atoms with van der Waals surface area (Å²) in [6.45, 7) is 7.49. The lowest BCUT2D eigenvalue weighted by Crippen LogP contribution is -2.37. The standard InChI is InChI=1S/C18H26N6O2/c1-11-14(7-8-19-22-11)21-16-10-15(23-24-16)12-5-6-13(9-12)20-17(25)26-18(2,3)4/h7-8,10,12-13H,5-6,9H2,1-4H3,(H,20,25)(H2,19,21,23,24)/t12-,13+/m0/s1. The van der Waals surface area contributed by atoms with Crippen LogP contribution in [0.4, 0.5) is 16.3 Å². The third-order valence-corrected chi connectivity index (χ3v) is 4.36. The summed E-state index contributed by atoms with van der Waals surface area (Å²) in [5, 5.41) is 21.5. The molecular formula is C18H26N6O2. The lowest BCUT2D eigenvalue weighted by atomic mass is 10.0. The van der Waals surface area contributed by atoms with E-state index < -0.39 is 5.60 Å². The van der Waals surface area contributed by atoms with E-state index in [4.69, 9.17) is 4.74 Å². The molecule has 1 saturated carbocycles. The van der Waals surface area contributed by atoms with E-state index >= 15 is 0 Å². The van der Waals surface area contributed by atoms with Crippen molar-refractivity contribution >= 4 is 17.6 Å². The fourth-order valence-electron chi connectivity index (χ4n) is 3.15. The molecule has 2 aromatic rings. The van der Waals surface area contributed by atoms with Crippen molar-refractivity contribution in [3.63, 3.8) is 0 Å². The van der Waals surface area contributed by atoms with Crippen LogP contribution in [0.25, 0.3) is 0 Å². The van der Waals surface area contributed by atoms with E-state index in [1.807, 2.05) is 39.8 Å². The average molecular weight is 358 g/mol. The van der Waals surface area contributed by atoms with E-state index in [0.717, 1.165) is 42.2 Å². The minimum atomic E-state index is -0.480. The summed E-state index contributed by atoms with van der Waals surface area (Å²) < 4.78 is 5.33. The highest BCUT2D eigenvalue weighted by molar-refractivity contribution is 5.68. The van der Waals surface area contributed by atoms with Gasteiger partial charge in [-0.25, -0.2) is 4.79 Å². The third-order valence-electron chi connectivity index (χ3n) is 4.36. The summed E-state index contributed by atoms with van der Waals surface area (Å²) in [4.78, 5) is 11.9. The molecule has 1 amide bonds. The van der Waals surface area contributed by atoms with Crippen molar-refractivity contribution in [2.75, 3.05) is 5.32 Å². The molecule has 8 nitrogen and oxygen atoms in total. The van der Waals surface area contributed by atoms with Crippen molar-refractivity contribution in [1.29, 1.82) is 0 Å². The van der Waals surface area contributed by atoms with E-state index in [1.165, 1.54) is 0 Å². The van der Waals surface area contributed by atoms with Crippen LogP contribution in [0.15, 0.2) is 18.3 Å². The molecule has 0 spiro atoms. The molecule has 2 aromatic heterocycles. The minimum absolute atomic E-state index is 0.126. The molecule has 1 fully saturated rings. The van der Waals surface area contributed by atoms with Crippen molar-refractivity contribution in [3.05, 3.63) is 29.7 Å². The molecular weight excluding hydrogens is 332 g/mol. The second-order valence-corrected chi connectivity index (χ2v) is 7.72. The molecule has 2 atom stereocenters. The number of rotatable bonds is 4. The number of carbonyl (C=O) groups excluding carboxylic acids is 1. The number of aryl methyl sites for hydroxylation is 1. The fourth-order valence-corrected chi connectivity index (χ4v) is 3.15. The van der Waals surface area contributed by atoms with Crippen LogP contribution in [0.3, 0.4) is 0 Å². The number of nitrogens with one attached hydrogen (secondary N) is 3. The maximum Gasteiger partial charge on any atom is 0.407 e. The fraction of sp³-hybridized carbons (Fsp3) is 0.556. The van der Waals surface area contributed by atoms with Gasteiger partial charge in [0.15, 0.2) is 5.82 Å². The Kier molecular flexibility index (Phi) is 5.11. The molecule has 0 saturated heterocycles. The van der Waals surface area contributed by atoms with Gasteiger partial charge in [0.25, 0.3) is 0 Å². The summed E-state index contributed by atoms with van der Waals surface area (Å²) in [7, 11) is 0. The van der Waals surface area contributed by atoms with Crippen LogP contribution in [0, 0.1) is 6.92 Å². The van der Waals surface area contributed by atoms with Crippen molar-refractivity contribution in [2.24, 2.45) is 0 Å². The van der Waals surface area contributed by atoms with Gasteiger partial charge < -0.3 is 15.4 Å². The van der Waals surface area contributed by atoms with Gasteiger partial charge in [0.05, 0.1) is 17.6 Å². The topological polar surface area (TPSA) is 105 Å². The molecule has 140 valence electrons. The molecule has 8 heteroatoms. The largest absolute Gasteiger partial charge is 0.444 e. The number of alkyl carbamates (subject to hydrolysis) is 1. The highest BCUT2D eigenvalue weighted by atomic mass is 16.6. The number of ether oxygens (including phenoxy) is 1. The first-order chi connectivity index (χ1) is 12.3. The van der Waals surface area contributed by atoms with Crippen LogP contribution in [0.5, 0.6) is 0 Å². The quantitative estimate of drug-likeness (QED) is 0.773. The molecule has 26 heavy (non-hydrogen) atoms. The lowest BCUT2D eigenvalue weighted by Gasteiger charge is -2.21. The van der Waals surface area contributed by atoms with Crippen LogP contribution >= 0.6 is 0 Å². The monoisotopic (exact) mass is 358 g/mol. The van der Waals surface area contributed by atoms with E-state index in [9.17, 15) is 4.79 Å². The van der Waals surface area contributed by atoms with E-state index in [0.29, 0.717) is 5.92 Å². The Bertz CT molecular complexity index is 767. The first-order valence-electron chi connectivity index (χ1n) is 8.90. The van der Waals surface area contributed by atoms with Crippen molar-refractivity contribution < 1.29 is 9.53 Å². The molecule has 0 aromatic carbocycles. The Morgan fingerprint density at radius 1 is 1.35 bits per heavy atom. The summed E-state index contributed by atoms with van der Waals surface area (Å²) in [6, 6.07) is 4.01. The highest BCUT2D eigenvalue weighted by Gasteiger charge is 2.29. The summed E-state index contributed by atoms with van der Waals surface area (Å²) >= 11 is 0. The number of H-pyrrole nitrogens is 1. The Morgan fingerprint density at radius 2 is 2.15 bits per heavy atom. The molecule has 1 aliphatic carbocycles. The molecule has 1 aliphatic rings. The van der Waals surface area contributed by atoms with Gasteiger partial charge >= 0.3 is 6.09 Å². The number of anilines is 2. The van der Waals surface area contributed by atoms with Crippen LogP contribution in [-0.4, -0.2) is 38.1 Å². The van der Waals surface area contributed by atoms with Gasteiger partial charge in [-0.2, -0.15) is 15.3 Å². The van der Waals surface area contributed by atoms with Gasteiger partial charge in [-0.1, -0.05) is 0 Å². The SMILES string of the molecule is Cc1nnccc1Nc1cc([C@H]2CC[C@@H](NC(=O)OC(C)(C)C)C2)[nH]n1. The van der Waals surface area contributed by atoms with Gasteiger partial charge in [-0.05, 0) is 53.0 Å². The average Bonchev–Trinajstić information content (AvgIpc) is 3.17. The molecule has 0 unspecified atom stereocenters. The molecule has 3 rings (SSSR count). The second kappa shape index (κ2) is 7.31. The smallest absolute Gasteiger partial charge is 0.407 e. The third kappa shape index (κ3) is 4.71. The number of carbonyl (C=O) groups is 1. The predicted octanol–water partition coefficient (Wildman–Crippen LogP) is 3.41. The maximum absolute atomic E-state index is 11.9. The normalized spacial score (nSPS) is 20.0. The van der Waals surface area contributed by atoms with E-state index in [2.05, 4.69) is 31.0 Å². The number of nitrogens with zero attached hydrogens (tertiary/aromatic N) is 3. The Morgan fingerprint density at radius 3 is 2.88 bits per heavy atom. The number of amides is 1. The van der Waals surface area contributed by atoms with Crippen LogP contribution in [-0.2, 0) is 4.74 Å². The van der Waals surface area contributed by atoms with Crippen molar-refractivity contribution in [1.82, 2.24) is 25.7 Å². The number of hydrogen-bond acceptors (Lipinski definition) is 6. The van der Waals surface area contributed by atoms with Crippen LogP contribution in [0.2, 0.25) is 0 Å². The van der Waals surface area contributed by atoms with Crippen LogP contribution < -0.4 is 10.6 Å². The molecule has 3 N–H and O–H groups in total. The number of aromatic amines is 1. The van der Waals surface area contributed by atoms with Gasteiger partial charge in [-0.15, -0.1) is 0 Å². The van der Waals surface area contributed by atoms with Gasteiger partial charge in [0.2, 0.25) is 0 Å². The van der Waals surface area contributed by atoms with Gasteiger partial charge in [-0.3, -0.25) is 5.10 Å². The minimum Gasteiger partial charge on any atom is -0.444 e. The van der Waals surface area contributed by atoms with Gasteiger partial charge in [0, 0.05) is 23.7 Å². The maximum atomic E-state index is 11.9. The Balaban J connectivity index is 1.56. The molecule has 0 radical (unpaired) electrons. The van der Waals surface area contributed by atoms with E-state index in [-0.39, 0.29) is 12.1 Å². The highest BCUT2D eigenvalue weighted by Crippen LogP contribution is 2.34. The first-order valence-corrected chi connectivity index (χ1v) is 8.90. The Labute approximate surface area is 153 Å². The molecule has 0 bridgehead atoms. The van der Waals surface area contributed by atoms with E-state index in [1.54, 1.807) is 6.20 Å². The summed E-state index contributed by atoms with van der Waals surface area (Å²) in [6.07, 6.45) is 4.09. The Hall–Kier alpha value is -2.64. The molecule has 2 heterocycles.